The first-order valence-electron chi connectivity index (χ1n) is 6.91. The van der Waals surface area contributed by atoms with Crippen LogP contribution in [0, 0.1) is 17.8 Å². The highest BCUT2D eigenvalue weighted by Crippen LogP contribution is 2.30. The number of carbonyl (C=O) groups is 4. The Morgan fingerprint density at radius 1 is 0.909 bits per heavy atom. The van der Waals surface area contributed by atoms with Gasteiger partial charge < -0.3 is 19.5 Å². The average molecular weight is 315 g/mol. The van der Waals surface area contributed by atoms with E-state index < -0.39 is 35.8 Å². The van der Waals surface area contributed by atoms with Gasteiger partial charge in [-0.15, -0.1) is 0 Å². The van der Waals surface area contributed by atoms with Gasteiger partial charge in [-0.1, -0.05) is 6.92 Å². The zero-order chi connectivity index (χ0) is 16.9. The van der Waals surface area contributed by atoms with Gasteiger partial charge in [-0.2, -0.15) is 0 Å². The number of carbonyl (C=O) groups excluding carboxylic acids is 4. The van der Waals surface area contributed by atoms with Crippen molar-refractivity contribution in [2.24, 2.45) is 17.8 Å². The van der Waals surface area contributed by atoms with Crippen molar-refractivity contribution in [2.75, 3.05) is 21.3 Å². The van der Waals surface area contributed by atoms with Crippen molar-refractivity contribution in [3.05, 3.63) is 0 Å². The van der Waals surface area contributed by atoms with E-state index in [0.717, 1.165) is 34.2 Å². The van der Waals surface area contributed by atoms with Crippen LogP contribution in [-0.4, -0.2) is 51.2 Å². The topological polar surface area (TPSA) is 108 Å². The number of rotatable bonds is 7. The second kappa shape index (κ2) is 7.77. The molecule has 0 aromatic heterocycles. The van der Waals surface area contributed by atoms with E-state index in [4.69, 9.17) is 0 Å². The molecule has 0 aliphatic heterocycles. The van der Waals surface area contributed by atoms with Crippen LogP contribution in [0.15, 0.2) is 0 Å². The molecule has 1 fully saturated rings. The molecule has 1 N–H and O–H groups in total. The molecule has 0 aromatic carbocycles. The molecule has 2 atom stereocenters. The Balaban J connectivity index is 2.97. The summed E-state index contributed by atoms with van der Waals surface area (Å²) in [6.45, 7) is 1.48. The van der Waals surface area contributed by atoms with Gasteiger partial charge in [0.1, 0.15) is 6.04 Å². The Morgan fingerprint density at radius 3 is 1.73 bits per heavy atom. The first-order chi connectivity index (χ1) is 10.4. The lowest BCUT2D eigenvalue weighted by Gasteiger charge is -2.27. The van der Waals surface area contributed by atoms with E-state index in [0.29, 0.717) is 0 Å². The standard InChI is InChI=1S/C14H21NO7/c1-7(9(12(17)20-2)13(18)21-3)10(14(19)22-4)15-11(16)8-5-6-8/h7-10H,5-6H2,1-4H3,(H,15,16)/t7-,10-/m1/s1. The number of ether oxygens (including phenoxy) is 3. The van der Waals surface area contributed by atoms with E-state index in [-0.39, 0.29) is 11.8 Å². The van der Waals surface area contributed by atoms with Gasteiger partial charge in [0.25, 0.3) is 0 Å². The summed E-state index contributed by atoms with van der Waals surface area (Å²) in [7, 11) is 3.42. The van der Waals surface area contributed by atoms with Crippen LogP contribution in [0.1, 0.15) is 19.8 Å². The van der Waals surface area contributed by atoms with Crippen molar-refractivity contribution in [2.45, 2.75) is 25.8 Å². The van der Waals surface area contributed by atoms with Crippen molar-refractivity contribution < 1.29 is 33.4 Å². The van der Waals surface area contributed by atoms with Crippen LogP contribution in [0.25, 0.3) is 0 Å². The maximum absolute atomic E-state index is 11.9. The fourth-order valence-corrected chi connectivity index (χ4v) is 2.12. The highest BCUT2D eigenvalue weighted by Gasteiger charge is 2.43. The lowest BCUT2D eigenvalue weighted by atomic mass is 9.87. The molecule has 22 heavy (non-hydrogen) atoms. The Labute approximate surface area is 128 Å². The number of methoxy groups -OCH3 is 3. The molecule has 1 aliphatic rings. The maximum atomic E-state index is 11.9. The van der Waals surface area contributed by atoms with Crippen LogP contribution in [0.5, 0.6) is 0 Å². The largest absolute Gasteiger partial charge is 0.468 e. The third-order valence-electron chi connectivity index (χ3n) is 3.66. The molecule has 8 heteroatoms. The predicted octanol–water partition coefficient (Wildman–Crippen LogP) is -0.347. The SMILES string of the molecule is COC(=O)C(C(=O)OC)[C@@H](C)[C@@H](NC(=O)C1CC1)C(=O)OC. The minimum Gasteiger partial charge on any atom is -0.468 e. The van der Waals surface area contributed by atoms with E-state index in [1.165, 1.54) is 6.92 Å². The highest BCUT2D eigenvalue weighted by molar-refractivity contribution is 5.96. The highest BCUT2D eigenvalue weighted by atomic mass is 16.5. The molecular weight excluding hydrogens is 294 g/mol. The zero-order valence-electron chi connectivity index (χ0n) is 13.1. The number of hydrogen-bond acceptors (Lipinski definition) is 7. The smallest absolute Gasteiger partial charge is 0.328 e. The Bertz CT molecular complexity index is 442. The predicted molar refractivity (Wildman–Crippen MR) is 73.4 cm³/mol. The van der Waals surface area contributed by atoms with E-state index >= 15 is 0 Å². The first kappa shape index (κ1) is 17.9. The van der Waals surface area contributed by atoms with Gasteiger partial charge >= 0.3 is 17.9 Å². The Morgan fingerprint density at radius 2 is 1.36 bits per heavy atom. The van der Waals surface area contributed by atoms with Crippen LogP contribution < -0.4 is 5.32 Å². The van der Waals surface area contributed by atoms with Crippen LogP contribution in [0.3, 0.4) is 0 Å². The number of nitrogens with one attached hydrogen (secondary N) is 1. The second-order valence-corrected chi connectivity index (χ2v) is 5.17. The first-order valence-corrected chi connectivity index (χ1v) is 6.91. The molecule has 1 saturated carbocycles. The minimum atomic E-state index is -1.33. The summed E-state index contributed by atoms with van der Waals surface area (Å²) in [5.41, 5.74) is 0. The summed E-state index contributed by atoms with van der Waals surface area (Å²) in [6, 6.07) is -1.14. The van der Waals surface area contributed by atoms with E-state index in [1.54, 1.807) is 0 Å². The monoisotopic (exact) mass is 315 g/mol. The molecule has 0 unspecified atom stereocenters. The Kier molecular flexibility index (Phi) is 6.33. The second-order valence-electron chi connectivity index (χ2n) is 5.17. The summed E-state index contributed by atoms with van der Waals surface area (Å²) in [5.74, 6) is -5.06. The van der Waals surface area contributed by atoms with Crippen LogP contribution in [0.2, 0.25) is 0 Å². The van der Waals surface area contributed by atoms with Gasteiger partial charge in [-0.05, 0) is 12.8 Å². The van der Waals surface area contributed by atoms with Gasteiger partial charge in [0.05, 0.1) is 21.3 Å². The Hall–Kier alpha value is -2.12. The van der Waals surface area contributed by atoms with Crippen molar-refractivity contribution >= 4 is 23.8 Å². The third kappa shape index (κ3) is 4.19. The van der Waals surface area contributed by atoms with Crippen molar-refractivity contribution in [1.82, 2.24) is 5.32 Å². The molecule has 0 radical (unpaired) electrons. The summed E-state index contributed by atoms with van der Waals surface area (Å²) >= 11 is 0. The lowest BCUT2D eigenvalue weighted by Crippen LogP contribution is -2.51. The van der Waals surface area contributed by atoms with Crippen LogP contribution in [-0.2, 0) is 33.4 Å². The summed E-state index contributed by atoms with van der Waals surface area (Å²) in [6.07, 6.45) is 1.51. The number of esters is 3. The van der Waals surface area contributed by atoms with Gasteiger partial charge in [-0.3, -0.25) is 14.4 Å². The van der Waals surface area contributed by atoms with Gasteiger partial charge in [0.2, 0.25) is 5.91 Å². The molecule has 1 aliphatic carbocycles. The molecule has 0 aromatic rings. The molecule has 1 amide bonds. The molecule has 0 heterocycles. The van der Waals surface area contributed by atoms with Crippen LogP contribution >= 0.6 is 0 Å². The molecule has 0 spiro atoms. The fraction of sp³-hybridized carbons (Fsp3) is 0.714. The fourth-order valence-electron chi connectivity index (χ4n) is 2.12. The molecular formula is C14H21NO7. The third-order valence-corrected chi connectivity index (χ3v) is 3.66. The van der Waals surface area contributed by atoms with Crippen molar-refractivity contribution in [3.8, 4) is 0 Å². The van der Waals surface area contributed by atoms with E-state index in [2.05, 4.69) is 19.5 Å². The minimum absolute atomic E-state index is 0.131. The summed E-state index contributed by atoms with van der Waals surface area (Å²) < 4.78 is 13.8. The normalized spacial score (nSPS) is 16.4. The van der Waals surface area contributed by atoms with Crippen LogP contribution in [0.4, 0.5) is 0 Å². The average Bonchev–Trinajstić information content (AvgIpc) is 3.35. The van der Waals surface area contributed by atoms with E-state index in [1.807, 2.05) is 0 Å². The van der Waals surface area contributed by atoms with Gasteiger partial charge in [0.15, 0.2) is 5.92 Å². The molecule has 0 saturated heterocycles. The number of hydrogen-bond donors (Lipinski definition) is 1. The lowest BCUT2D eigenvalue weighted by molar-refractivity contribution is -0.163. The van der Waals surface area contributed by atoms with Crippen molar-refractivity contribution in [1.29, 1.82) is 0 Å². The van der Waals surface area contributed by atoms with Gasteiger partial charge in [0, 0.05) is 11.8 Å². The van der Waals surface area contributed by atoms with Gasteiger partial charge in [-0.25, -0.2) is 4.79 Å². The molecule has 0 bridgehead atoms. The van der Waals surface area contributed by atoms with Crippen molar-refractivity contribution in [3.63, 3.8) is 0 Å². The zero-order valence-corrected chi connectivity index (χ0v) is 13.1. The molecule has 124 valence electrons. The molecule has 8 nitrogen and oxygen atoms in total. The maximum Gasteiger partial charge on any atom is 0.328 e. The quantitative estimate of drug-likeness (QED) is 0.389. The summed E-state index contributed by atoms with van der Waals surface area (Å²) in [5, 5.41) is 2.54. The van der Waals surface area contributed by atoms with E-state index in [9.17, 15) is 19.2 Å². The summed E-state index contributed by atoms with van der Waals surface area (Å²) in [4.78, 5) is 47.4. The number of amides is 1. The molecule has 1 rings (SSSR count).